The topological polar surface area (TPSA) is 71.7 Å². The highest BCUT2D eigenvalue weighted by molar-refractivity contribution is 5.95. The van der Waals surface area contributed by atoms with Gasteiger partial charge in [0.15, 0.2) is 0 Å². The summed E-state index contributed by atoms with van der Waals surface area (Å²) in [6, 6.07) is 15.4. The standard InChI is InChI=1S/C24H28N4O3/c1-27(2)20-6-4-5-19(16-20)24(29)28-13-11-17(12-14-28)15-22-25-23(26-31-22)18-7-9-21(30-3)10-8-18/h4-10,16-17H,11-15H2,1-3H3. The molecule has 1 aliphatic rings. The summed E-state index contributed by atoms with van der Waals surface area (Å²) in [6.45, 7) is 1.49. The highest BCUT2D eigenvalue weighted by Crippen LogP contribution is 2.25. The second-order valence-corrected chi connectivity index (χ2v) is 8.12. The van der Waals surface area contributed by atoms with Crippen molar-refractivity contribution in [2.75, 3.05) is 39.2 Å². The number of benzene rings is 2. The molecule has 1 fully saturated rings. The van der Waals surface area contributed by atoms with Crippen LogP contribution in [0.5, 0.6) is 5.75 Å². The zero-order valence-electron chi connectivity index (χ0n) is 18.2. The Kier molecular flexibility index (Phi) is 6.21. The van der Waals surface area contributed by atoms with Crippen molar-refractivity contribution in [2.45, 2.75) is 19.3 Å². The molecule has 1 saturated heterocycles. The van der Waals surface area contributed by atoms with Crippen LogP contribution in [0.2, 0.25) is 0 Å². The highest BCUT2D eigenvalue weighted by atomic mass is 16.5. The van der Waals surface area contributed by atoms with Crippen LogP contribution in [0.3, 0.4) is 0 Å². The molecule has 0 bridgehead atoms. The van der Waals surface area contributed by atoms with E-state index in [0.717, 1.165) is 54.9 Å². The number of rotatable bonds is 6. The lowest BCUT2D eigenvalue weighted by atomic mass is 9.93. The molecule has 0 saturated carbocycles. The second-order valence-electron chi connectivity index (χ2n) is 8.12. The highest BCUT2D eigenvalue weighted by Gasteiger charge is 2.25. The molecule has 31 heavy (non-hydrogen) atoms. The predicted octanol–water partition coefficient (Wildman–Crippen LogP) is 3.91. The Labute approximate surface area is 182 Å². The van der Waals surface area contributed by atoms with Crippen LogP contribution in [0.1, 0.15) is 29.1 Å². The molecule has 0 radical (unpaired) electrons. The van der Waals surface area contributed by atoms with Gasteiger partial charge in [-0.1, -0.05) is 11.2 Å². The number of amides is 1. The minimum Gasteiger partial charge on any atom is -0.497 e. The van der Waals surface area contributed by atoms with E-state index in [2.05, 4.69) is 10.1 Å². The summed E-state index contributed by atoms with van der Waals surface area (Å²) in [7, 11) is 5.60. The molecule has 162 valence electrons. The molecule has 7 nitrogen and oxygen atoms in total. The van der Waals surface area contributed by atoms with Crippen molar-refractivity contribution in [3.63, 3.8) is 0 Å². The molecule has 0 atom stereocenters. The number of piperidine rings is 1. The van der Waals surface area contributed by atoms with E-state index in [1.165, 1.54) is 0 Å². The van der Waals surface area contributed by atoms with E-state index in [4.69, 9.17) is 9.26 Å². The monoisotopic (exact) mass is 420 g/mol. The summed E-state index contributed by atoms with van der Waals surface area (Å²) in [5.41, 5.74) is 2.67. The van der Waals surface area contributed by atoms with Gasteiger partial charge in [0, 0.05) is 50.4 Å². The normalized spacial score (nSPS) is 14.5. The van der Waals surface area contributed by atoms with Crippen LogP contribution >= 0.6 is 0 Å². The molecule has 1 aliphatic heterocycles. The van der Waals surface area contributed by atoms with Crippen LogP contribution in [0.4, 0.5) is 5.69 Å². The summed E-state index contributed by atoms with van der Waals surface area (Å²) in [5.74, 6) is 2.56. The molecule has 2 heterocycles. The fraction of sp³-hybridized carbons (Fsp3) is 0.375. The maximum Gasteiger partial charge on any atom is 0.253 e. The van der Waals surface area contributed by atoms with Gasteiger partial charge in [0.25, 0.3) is 5.91 Å². The SMILES string of the molecule is COc1ccc(-c2noc(CC3CCN(C(=O)c4cccc(N(C)C)c4)CC3)n2)cc1. The maximum atomic E-state index is 12.9. The number of likely N-dealkylation sites (tertiary alicyclic amines) is 1. The molecule has 0 aliphatic carbocycles. The van der Waals surface area contributed by atoms with Gasteiger partial charge in [-0.2, -0.15) is 4.98 Å². The Bertz CT molecular complexity index is 1020. The van der Waals surface area contributed by atoms with E-state index in [1.54, 1.807) is 7.11 Å². The van der Waals surface area contributed by atoms with Gasteiger partial charge in [-0.05, 0) is 61.2 Å². The summed E-state index contributed by atoms with van der Waals surface area (Å²) >= 11 is 0. The molecule has 7 heteroatoms. The van der Waals surface area contributed by atoms with Gasteiger partial charge < -0.3 is 19.1 Å². The zero-order valence-corrected chi connectivity index (χ0v) is 18.2. The Morgan fingerprint density at radius 2 is 1.90 bits per heavy atom. The van der Waals surface area contributed by atoms with E-state index in [-0.39, 0.29) is 5.91 Å². The van der Waals surface area contributed by atoms with Gasteiger partial charge in [0.1, 0.15) is 5.75 Å². The van der Waals surface area contributed by atoms with Crippen LogP contribution in [0.25, 0.3) is 11.4 Å². The maximum absolute atomic E-state index is 12.9. The molecule has 1 amide bonds. The average molecular weight is 421 g/mol. The number of anilines is 1. The van der Waals surface area contributed by atoms with Gasteiger partial charge in [0.2, 0.25) is 11.7 Å². The summed E-state index contributed by atoms with van der Waals surface area (Å²) < 4.78 is 10.7. The second kappa shape index (κ2) is 9.20. The molecule has 4 rings (SSSR count). The summed E-state index contributed by atoms with van der Waals surface area (Å²) in [5, 5.41) is 4.12. The first-order chi connectivity index (χ1) is 15.0. The number of nitrogens with zero attached hydrogens (tertiary/aromatic N) is 4. The van der Waals surface area contributed by atoms with Crippen molar-refractivity contribution in [1.29, 1.82) is 0 Å². The third-order valence-electron chi connectivity index (χ3n) is 5.79. The van der Waals surface area contributed by atoms with Gasteiger partial charge in [-0.3, -0.25) is 4.79 Å². The predicted molar refractivity (Wildman–Crippen MR) is 119 cm³/mol. The van der Waals surface area contributed by atoms with E-state index in [9.17, 15) is 4.79 Å². The van der Waals surface area contributed by atoms with Crippen molar-refractivity contribution >= 4 is 11.6 Å². The van der Waals surface area contributed by atoms with Crippen molar-refractivity contribution in [1.82, 2.24) is 15.0 Å². The van der Waals surface area contributed by atoms with E-state index >= 15 is 0 Å². The average Bonchev–Trinajstić information content (AvgIpc) is 3.27. The van der Waals surface area contributed by atoms with Crippen LogP contribution < -0.4 is 9.64 Å². The van der Waals surface area contributed by atoms with Crippen molar-refractivity contribution in [3.05, 3.63) is 60.0 Å². The Balaban J connectivity index is 1.33. The molecule has 0 spiro atoms. The van der Waals surface area contributed by atoms with Crippen LogP contribution in [0, 0.1) is 5.92 Å². The summed E-state index contributed by atoms with van der Waals surface area (Å²) in [4.78, 5) is 21.4. The molecular formula is C24H28N4O3. The van der Waals surface area contributed by atoms with E-state index in [0.29, 0.717) is 17.6 Å². The molecular weight excluding hydrogens is 392 g/mol. The van der Waals surface area contributed by atoms with Crippen molar-refractivity contribution in [3.8, 4) is 17.1 Å². The summed E-state index contributed by atoms with van der Waals surface area (Å²) in [6.07, 6.45) is 2.60. The fourth-order valence-electron chi connectivity index (χ4n) is 3.88. The number of methoxy groups -OCH3 is 1. The Hall–Kier alpha value is -3.35. The largest absolute Gasteiger partial charge is 0.497 e. The lowest BCUT2D eigenvalue weighted by molar-refractivity contribution is 0.0687. The third-order valence-corrected chi connectivity index (χ3v) is 5.79. The van der Waals surface area contributed by atoms with Gasteiger partial charge in [-0.15, -0.1) is 0 Å². The zero-order chi connectivity index (χ0) is 21.8. The van der Waals surface area contributed by atoms with Crippen LogP contribution in [0.15, 0.2) is 53.1 Å². The minimum atomic E-state index is 0.0988. The number of aromatic nitrogens is 2. The Morgan fingerprint density at radius 1 is 1.16 bits per heavy atom. The first-order valence-corrected chi connectivity index (χ1v) is 10.6. The first-order valence-electron chi connectivity index (χ1n) is 10.6. The smallest absolute Gasteiger partial charge is 0.253 e. The lowest BCUT2D eigenvalue weighted by Gasteiger charge is -2.31. The lowest BCUT2D eigenvalue weighted by Crippen LogP contribution is -2.39. The van der Waals surface area contributed by atoms with Crippen molar-refractivity contribution in [2.24, 2.45) is 5.92 Å². The number of ether oxygens (including phenoxy) is 1. The quantitative estimate of drug-likeness (QED) is 0.602. The minimum absolute atomic E-state index is 0.0988. The molecule has 0 N–H and O–H groups in total. The molecule has 1 aromatic heterocycles. The van der Waals surface area contributed by atoms with Gasteiger partial charge in [0.05, 0.1) is 7.11 Å². The number of hydrogen-bond donors (Lipinski definition) is 0. The number of carbonyl (C=O) groups excluding carboxylic acids is 1. The van der Waals surface area contributed by atoms with Crippen molar-refractivity contribution < 1.29 is 14.1 Å². The van der Waals surface area contributed by atoms with E-state index < -0.39 is 0 Å². The van der Waals surface area contributed by atoms with Gasteiger partial charge >= 0.3 is 0 Å². The molecule has 2 aromatic carbocycles. The van der Waals surface area contributed by atoms with Crippen LogP contribution in [-0.2, 0) is 6.42 Å². The first kappa shape index (κ1) is 20.9. The number of hydrogen-bond acceptors (Lipinski definition) is 6. The molecule has 0 unspecified atom stereocenters. The fourth-order valence-corrected chi connectivity index (χ4v) is 3.88. The van der Waals surface area contributed by atoms with E-state index in [1.807, 2.05) is 72.4 Å². The third kappa shape index (κ3) is 4.87. The molecule has 3 aromatic rings. The van der Waals surface area contributed by atoms with Crippen LogP contribution in [-0.4, -0.2) is 55.2 Å². The number of carbonyl (C=O) groups is 1. The Morgan fingerprint density at radius 3 is 2.58 bits per heavy atom. The van der Waals surface area contributed by atoms with Gasteiger partial charge in [-0.25, -0.2) is 0 Å².